The second kappa shape index (κ2) is 6.74. The van der Waals surface area contributed by atoms with Gasteiger partial charge in [-0.1, -0.05) is 48.5 Å². The van der Waals surface area contributed by atoms with E-state index in [2.05, 4.69) is 5.32 Å². The number of carbonyl (C=O) groups excluding carboxylic acids is 1. The van der Waals surface area contributed by atoms with E-state index in [0.29, 0.717) is 12.2 Å². The van der Waals surface area contributed by atoms with E-state index < -0.39 is 17.8 Å². The molecule has 124 valence electrons. The third kappa shape index (κ3) is 3.25. The van der Waals surface area contributed by atoms with Crippen LogP contribution in [0.15, 0.2) is 54.6 Å². The normalized spacial score (nSPS) is 20.0. The minimum absolute atomic E-state index is 0.234. The fraction of sp³-hybridized carbons (Fsp3) is 0.263. The number of para-hydroxylation sites is 1. The Morgan fingerprint density at radius 2 is 1.75 bits per heavy atom. The topological polar surface area (TPSA) is 75.6 Å². The molecule has 0 radical (unpaired) electrons. The van der Waals surface area contributed by atoms with Crippen molar-refractivity contribution in [2.45, 2.75) is 12.5 Å². The molecule has 1 fully saturated rings. The first-order chi connectivity index (χ1) is 11.6. The molecule has 0 aliphatic heterocycles. The summed E-state index contributed by atoms with van der Waals surface area (Å²) >= 11 is 0. The van der Waals surface area contributed by atoms with E-state index >= 15 is 0 Å². The van der Waals surface area contributed by atoms with Crippen LogP contribution in [0.25, 0.3) is 0 Å². The molecule has 24 heavy (non-hydrogen) atoms. The molecule has 0 aromatic heterocycles. The zero-order valence-electron chi connectivity index (χ0n) is 13.3. The van der Waals surface area contributed by atoms with Gasteiger partial charge in [0.25, 0.3) is 0 Å². The summed E-state index contributed by atoms with van der Waals surface area (Å²) in [4.78, 5) is 23.5. The molecule has 5 heteroatoms. The molecule has 1 aliphatic carbocycles. The van der Waals surface area contributed by atoms with Crippen LogP contribution < -0.4 is 10.1 Å². The Morgan fingerprint density at radius 3 is 2.38 bits per heavy atom. The van der Waals surface area contributed by atoms with Gasteiger partial charge < -0.3 is 15.2 Å². The zero-order valence-corrected chi connectivity index (χ0v) is 13.3. The van der Waals surface area contributed by atoms with Crippen molar-refractivity contribution in [1.82, 2.24) is 5.32 Å². The largest absolute Gasteiger partial charge is 0.496 e. The van der Waals surface area contributed by atoms with E-state index in [4.69, 9.17) is 9.84 Å². The second-order valence-electron chi connectivity index (χ2n) is 5.88. The molecule has 0 bridgehead atoms. The average molecular weight is 325 g/mol. The lowest BCUT2D eigenvalue weighted by atomic mass is 9.97. The first kappa shape index (κ1) is 16.1. The Labute approximate surface area is 140 Å². The SMILES string of the molecule is COc1ccccc1[C@H](NC(=O)[C@H]1C[C@@H]1C(=O)O)c1ccccc1. The van der Waals surface area contributed by atoms with Crippen LogP contribution in [0, 0.1) is 11.8 Å². The van der Waals surface area contributed by atoms with Crippen LogP contribution in [0.1, 0.15) is 23.6 Å². The molecule has 0 spiro atoms. The number of hydrogen-bond acceptors (Lipinski definition) is 3. The maximum atomic E-state index is 12.5. The number of amides is 1. The summed E-state index contributed by atoms with van der Waals surface area (Å²) in [5, 5.41) is 12.0. The number of carbonyl (C=O) groups is 2. The number of carboxylic acids is 1. The summed E-state index contributed by atoms with van der Waals surface area (Å²) in [6.45, 7) is 0. The molecule has 0 heterocycles. The highest BCUT2D eigenvalue weighted by atomic mass is 16.5. The zero-order chi connectivity index (χ0) is 17.1. The van der Waals surface area contributed by atoms with Crippen LogP contribution in [-0.2, 0) is 9.59 Å². The summed E-state index contributed by atoms with van der Waals surface area (Å²) in [6.07, 6.45) is 0.397. The van der Waals surface area contributed by atoms with Crippen molar-refractivity contribution in [1.29, 1.82) is 0 Å². The van der Waals surface area contributed by atoms with Gasteiger partial charge in [-0.05, 0) is 18.1 Å². The molecular weight excluding hydrogens is 306 g/mol. The first-order valence-electron chi connectivity index (χ1n) is 7.83. The molecule has 0 unspecified atom stereocenters. The van der Waals surface area contributed by atoms with Crippen LogP contribution >= 0.6 is 0 Å². The van der Waals surface area contributed by atoms with E-state index in [-0.39, 0.29) is 11.9 Å². The molecule has 1 saturated carbocycles. The van der Waals surface area contributed by atoms with E-state index in [9.17, 15) is 9.59 Å². The van der Waals surface area contributed by atoms with Crippen LogP contribution in [-0.4, -0.2) is 24.1 Å². The molecule has 2 N–H and O–H groups in total. The van der Waals surface area contributed by atoms with Crippen molar-refractivity contribution in [2.24, 2.45) is 11.8 Å². The predicted octanol–water partition coefficient (Wildman–Crippen LogP) is 2.62. The van der Waals surface area contributed by atoms with Gasteiger partial charge in [0.15, 0.2) is 0 Å². The fourth-order valence-electron chi connectivity index (χ4n) is 2.90. The van der Waals surface area contributed by atoms with Crippen LogP contribution in [0.3, 0.4) is 0 Å². The minimum Gasteiger partial charge on any atom is -0.496 e. The average Bonchev–Trinajstić information content (AvgIpc) is 3.41. The highest BCUT2D eigenvalue weighted by Gasteiger charge is 2.48. The number of rotatable bonds is 6. The third-order valence-electron chi connectivity index (χ3n) is 4.31. The molecule has 5 nitrogen and oxygen atoms in total. The monoisotopic (exact) mass is 325 g/mol. The highest BCUT2D eigenvalue weighted by Crippen LogP contribution is 2.40. The van der Waals surface area contributed by atoms with Gasteiger partial charge in [-0.25, -0.2) is 0 Å². The van der Waals surface area contributed by atoms with Gasteiger partial charge in [-0.2, -0.15) is 0 Å². The predicted molar refractivity (Wildman–Crippen MR) is 88.7 cm³/mol. The minimum atomic E-state index is -0.913. The smallest absolute Gasteiger partial charge is 0.307 e. The lowest BCUT2D eigenvalue weighted by Gasteiger charge is -2.22. The molecule has 2 aromatic rings. The van der Waals surface area contributed by atoms with E-state index in [1.807, 2.05) is 54.6 Å². The fourth-order valence-corrected chi connectivity index (χ4v) is 2.90. The third-order valence-corrected chi connectivity index (χ3v) is 4.31. The van der Waals surface area contributed by atoms with Gasteiger partial charge in [-0.15, -0.1) is 0 Å². The molecule has 3 atom stereocenters. The van der Waals surface area contributed by atoms with Gasteiger partial charge in [0.1, 0.15) is 5.75 Å². The number of aliphatic carboxylic acids is 1. The summed E-state index contributed by atoms with van der Waals surface area (Å²) < 4.78 is 5.42. The van der Waals surface area contributed by atoms with Gasteiger partial charge in [0.05, 0.1) is 25.0 Å². The Morgan fingerprint density at radius 1 is 1.08 bits per heavy atom. The Balaban J connectivity index is 1.89. The maximum Gasteiger partial charge on any atom is 0.307 e. The lowest BCUT2D eigenvalue weighted by molar-refractivity contribution is -0.140. The van der Waals surface area contributed by atoms with Crippen LogP contribution in [0.2, 0.25) is 0 Å². The lowest BCUT2D eigenvalue weighted by Crippen LogP contribution is -2.31. The summed E-state index contributed by atoms with van der Waals surface area (Å²) in [6, 6.07) is 16.7. The Bertz CT molecular complexity index is 744. The highest BCUT2D eigenvalue weighted by molar-refractivity contribution is 5.89. The number of ether oxygens (including phenoxy) is 1. The van der Waals surface area contributed by atoms with Gasteiger partial charge in [-0.3, -0.25) is 9.59 Å². The summed E-state index contributed by atoms with van der Waals surface area (Å²) in [7, 11) is 1.59. The van der Waals surface area contributed by atoms with Crippen molar-refractivity contribution in [3.63, 3.8) is 0 Å². The van der Waals surface area contributed by atoms with E-state index in [0.717, 1.165) is 11.1 Å². The van der Waals surface area contributed by atoms with Crippen molar-refractivity contribution < 1.29 is 19.4 Å². The van der Waals surface area contributed by atoms with Gasteiger partial charge in [0.2, 0.25) is 5.91 Å². The van der Waals surface area contributed by atoms with Crippen molar-refractivity contribution in [2.75, 3.05) is 7.11 Å². The first-order valence-corrected chi connectivity index (χ1v) is 7.83. The van der Waals surface area contributed by atoms with Crippen LogP contribution in [0.5, 0.6) is 5.75 Å². The van der Waals surface area contributed by atoms with Crippen molar-refractivity contribution in [3.05, 3.63) is 65.7 Å². The Kier molecular flexibility index (Phi) is 4.51. The summed E-state index contributed by atoms with van der Waals surface area (Å²) in [5.41, 5.74) is 1.76. The number of benzene rings is 2. The number of nitrogens with one attached hydrogen (secondary N) is 1. The Hall–Kier alpha value is -2.82. The summed E-state index contributed by atoms with van der Waals surface area (Å²) in [5.74, 6) is -1.49. The molecular formula is C19H19NO4. The number of hydrogen-bond donors (Lipinski definition) is 2. The maximum absolute atomic E-state index is 12.5. The molecule has 3 rings (SSSR count). The molecule has 2 aromatic carbocycles. The standard InChI is InChI=1S/C19H19NO4/c1-24-16-10-6-5-9-13(16)17(12-7-3-2-4-8-12)20-18(21)14-11-15(14)19(22)23/h2-10,14-15,17H,11H2,1H3,(H,20,21)(H,22,23)/t14-,15-,17+/m0/s1. The molecule has 1 aliphatic rings. The number of methoxy groups -OCH3 is 1. The van der Waals surface area contributed by atoms with E-state index in [1.165, 1.54) is 0 Å². The molecule has 1 amide bonds. The number of carboxylic acid groups (broad SMARTS) is 1. The van der Waals surface area contributed by atoms with Gasteiger partial charge >= 0.3 is 5.97 Å². The van der Waals surface area contributed by atoms with E-state index in [1.54, 1.807) is 7.11 Å². The molecule has 0 saturated heterocycles. The van der Waals surface area contributed by atoms with Gasteiger partial charge in [0, 0.05) is 5.56 Å². The second-order valence-corrected chi connectivity index (χ2v) is 5.88. The van der Waals surface area contributed by atoms with Crippen molar-refractivity contribution in [3.8, 4) is 5.75 Å². The van der Waals surface area contributed by atoms with Crippen molar-refractivity contribution >= 4 is 11.9 Å². The quantitative estimate of drug-likeness (QED) is 0.856. The van der Waals surface area contributed by atoms with Crippen LogP contribution in [0.4, 0.5) is 0 Å².